The van der Waals surface area contributed by atoms with Gasteiger partial charge >= 0.3 is 6.09 Å². The Morgan fingerprint density at radius 1 is 1.29 bits per heavy atom. The summed E-state index contributed by atoms with van der Waals surface area (Å²) in [6.07, 6.45) is -2.77. The topological polar surface area (TPSA) is 77.5 Å². The van der Waals surface area contributed by atoms with Gasteiger partial charge in [-0.1, -0.05) is 30.3 Å². The van der Waals surface area contributed by atoms with Gasteiger partial charge in [0, 0.05) is 0 Å². The van der Waals surface area contributed by atoms with E-state index in [1.54, 1.807) is 13.8 Å². The highest BCUT2D eigenvalue weighted by Gasteiger charge is 2.62. The fourth-order valence-electron chi connectivity index (χ4n) is 3.61. The van der Waals surface area contributed by atoms with Crippen LogP contribution in [-0.2, 0) is 25.6 Å². The predicted octanol–water partition coefficient (Wildman–Crippen LogP) is 1.24. The first-order chi connectivity index (χ1) is 11.4. The van der Waals surface area contributed by atoms with Gasteiger partial charge in [-0.15, -0.1) is 0 Å². The summed E-state index contributed by atoms with van der Waals surface area (Å²) >= 11 is 0. The summed E-state index contributed by atoms with van der Waals surface area (Å²) in [5.41, 5.74) is 0.907. The fourth-order valence-corrected chi connectivity index (χ4v) is 3.61. The van der Waals surface area contributed by atoms with Crippen LogP contribution in [-0.4, -0.2) is 59.1 Å². The lowest BCUT2D eigenvalue weighted by molar-refractivity contribution is -0.212. The molecule has 0 radical (unpaired) electrons. The summed E-state index contributed by atoms with van der Waals surface area (Å²) in [5, 5.41) is 10.2. The molecule has 5 atom stereocenters. The van der Waals surface area contributed by atoms with Gasteiger partial charge in [-0.3, -0.25) is 4.90 Å². The van der Waals surface area contributed by atoms with Crippen LogP contribution in [0.15, 0.2) is 30.3 Å². The van der Waals surface area contributed by atoms with Crippen LogP contribution < -0.4 is 0 Å². The molecule has 3 aliphatic rings. The maximum absolute atomic E-state index is 12.5. The Kier molecular flexibility index (Phi) is 3.76. The number of hydrogen-bond donors (Lipinski definition) is 1. The molecule has 130 valence electrons. The van der Waals surface area contributed by atoms with Crippen molar-refractivity contribution in [2.24, 2.45) is 0 Å². The van der Waals surface area contributed by atoms with E-state index in [9.17, 15) is 9.90 Å². The Balaban J connectivity index is 1.46. The predicted molar refractivity (Wildman–Crippen MR) is 81.8 cm³/mol. The third-order valence-electron chi connectivity index (χ3n) is 4.62. The van der Waals surface area contributed by atoms with Gasteiger partial charge in [0.2, 0.25) is 0 Å². The Morgan fingerprint density at radius 3 is 2.79 bits per heavy atom. The molecule has 1 aromatic rings. The number of β-amino-alcohol motifs (C(OH)–C–C–N with tert-alkyl or cyclic N) is 1. The lowest BCUT2D eigenvalue weighted by atomic mass is 10.1. The van der Waals surface area contributed by atoms with Crippen molar-refractivity contribution >= 4 is 6.09 Å². The van der Waals surface area contributed by atoms with Gasteiger partial charge < -0.3 is 24.1 Å². The van der Waals surface area contributed by atoms with Crippen LogP contribution in [0, 0.1) is 0 Å². The zero-order valence-corrected chi connectivity index (χ0v) is 13.6. The molecular formula is C17H21NO6. The minimum Gasteiger partial charge on any atom is -0.445 e. The van der Waals surface area contributed by atoms with Crippen molar-refractivity contribution in [1.29, 1.82) is 0 Å². The highest BCUT2D eigenvalue weighted by molar-refractivity contribution is 5.69. The molecule has 3 aliphatic heterocycles. The quantitative estimate of drug-likeness (QED) is 0.876. The lowest BCUT2D eigenvalue weighted by Crippen LogP contribution is -2.46. The molecule has 3 heterocycles. The van der Waals surface area contributed by atoms with E-state index in [1.807, 2.05) is 30.3 Å². The van der Waals surface area contributed by atoms with Crippen molar-refractivity contribution in [3.05, 3.63) is 35.9 Å². The minimum absolute atomic E-state index is 0.163. The third kappa shape index (κ3) is 2.67. The molecule has 1 amide bonds. The Bertz CT molecular complexity index is 621. The van der Waals surface area contributed by atoms with Crippen molar-refractivity contribution < 1.29 is 28.8 Å². The number of ether oxygens (including phenoxy) is 4. The van der Waals surface area contributed by atoms with E-state index in [4.69, 9.17) is 18.9 Å². The Hall–Kier alpha value is -1.67. The van der Waals surface area contributed by atoms with Gasteiger partial charge in [-0.05, 0) is 19.4 Å². The smallest absolute Gasteiger partial charge is 0.410 e. The van der Waals surface area contributed by atoms with E-state index < -0.39 is 42.5 Å². The Labute approximate surface area is 140 Å². The number of hydrogen-bond acceptors (Lipinski definition) is 6. The van der Waals surface area contributed by atoms with Crippen LogP contribution in [0.4, 0.5) is 4.79 Å². The van der Waals surface area contributed by atoms with Crippen LogP contribution in [0.1, 0.15) is 19.4 Å². The first kappa shape index (κ1) is 15.8. The van der Waals surface area contributed by atoms with Crippen molar-refractivity contribution in [3.8, 4) is 0 Å². The van der Waals surface area contributed by atoms with Crippen molar-refractivity contribution in [2.45, 2.75) is 56.9 Å². The highest BCUT2D eigenvalue weighted by Crippen LogP contribution is 2.43. The van der Waals surface area contributed by atoms with Crippen LogP contribution in [0.2, 0.25) is 0 Å². The molecule has 0 spiro atoms. The molecule has 3 saturated heterocycles. The summed E-state index contributed by atoms with van der Waals surface area (Å²) in [7, 11) is 0. The number of amides is 1. The van der Waals surface area contributed by atoms with Crippen molar-refractivity contribution in [2.75, 3.05) is 6.54 Å². The monoisotopic (exact) mass is 335 g/mol. The van der Waals surface area contributed by atoms with Gasteiger partial charge in [0.25, 0.3) is 0 Å². The second-order valence-electron chi connectivity index (χ2n) is 6.82. The van der Waals surface area contributed by atoms with E-state index in [-0.39, 0.29) is 13.2 Å². The number of nitrogens with zero attached hydrogens (tertiary/aromatic N) is 1. The number of rotatable bonds is 2. The van der Waals surface area contributed by atoms with E-state index in [0.717, 1.165) is 5.56 Å². The number of aliphatic hydroxyl groups is 1. The maximum Gasteiger partial charge on any atom is 0.410 e. The number of likely N-dealkylation sites (tertiary alicyclic amines) is 1. The fraction of sp³-hybridized carbons (Fsp3) is 0.588. The van der Waals surface area contributed by atoms with Crippen LogP contribution >= 0.6 is 0 Å². The molecule has 0 saturated carbocycles. The summed E-state index contributed by atoms with van der Waals surface area (Å²) in [6, 6.07) is 9.05. The Morgan fingerprint density at radius 2 is 2.04 bits per heavy atom. The van der Waals surface area contributed by atoms with Crippen LogP contribution in [0.5, 0.6) is 0 Å². The average Bonchev–Trinajstić information content (AvgIpc) is 3.14. The third-order valence-corrected chi connectivity index (χ3v) is 4.62. The largest absolute Gasteiger partial charge is 0.445 e. The van der Waals surface area contributed by atoms with Gasteiger partial charge in [0.1, 0.15) is 24.9 Å². The van der Waals surface area contributed by atoms with Crippen molar-refractivity contribution in [3.63, 3.8) is 0 Å². The standard InChI is InChI=1S/C17H21NO6/c1-17(2)23-14-12-13(22-15(14)24-17)11(19)8-18(12)16(20)21-9-10-6-4-3-5-7-10/h3-7,11-15,19H,8-9H2,1-2H3/t11-,12+,13-,14-,15-/m1/s1. The van der Waals surface area contributed by atoms with E-state index in [0.29, 0.717) is 0 Å². The number of benzene rings is 1. The average molecular weight is 335 g/mol. The van der Waals surface area contributed by atoms with Gasteiger partial charge in [0.05, 0.1) is 12.6 Å². The van der Waals surface area contributed by atoms with Gasteiger partial charge in [-0.2, -0.15) is 0 Å². The number of carbonyl (C=O) groups excluding carboxylic acids is 1. The summed E-state index contributed by atoms with van der Waals surface area (Å²) in [4.78, 5) is 14.0. The summed E-state index contributed by atoms with van der Waals surface area (Å²) in [5.74, 6) is -0.770. The summed E-state index contributed by atoms with van der Waals surface area (Å²) in [6.45, 7) is 3.94. The van der Waals surface area contributed by atoms with E-state index in [2.05, 4.69) is 0 Å². The van der Waals surface area contributed by atoms with Crippen LogP contribution in [0.3, 0.4) is 0 Å². The molecule has 7 heteroatoms. The summed E-state index contributed by atoms with van der Waals surface area (Å²) < 4.78 is 22.7. The van der Waals surface area contributed by atoms with Gasteiger partial charge in [-0.25, -0.2) is 4.79 Å². The zero-order chi connectivity index (χ0) is 16.9. The SMILES string of the molecule is CC1(C)O[C@H]2O[C@H]3[C@@H]([C@H]2O1)N(C(=O)OCc1ccccc1)C[C@H]3O. The van der Waals surface area contributed by atoms with Gasteiger partial charge in [0.15, 0.2) is 12.1 Å². The number of fused-ring (bicyclic) bond motifs is 3. The highest BCUT2D eigenvalue weighted by atomic mass is 16.8. The first-order valence-electron chi connectivity index (χ1n) is 8.11. The molecule has 0 aromatic heterocycles. The first-order valence-corrected chi connectivity index (χ1v) is 8.11. The van der Waals surface area contributed by atoms with Crippen molar-refractivity contribution in [1.82, 2.24) is 4.90 Å². The van der Waals surface area contributed by atoms with Crippen LogP contribution in [0.25, 0.3) is 0 Å². The normalized spacial score (nSPS) is 36.5. The van der Waals surface area contributed by atoms with E-state index in [1.165, 1.54) is 4.90 Å². The molecular weight excluding hydrogens is 314 g/mol. The molecule has 4 rings (SSSR count). The number of carbonyl (C=O) groups is 1. The molecule has 24 heavy (non-hydrogen) atoms. The second kappa shape index (κ2) is 5.70. The maximum atomic E-state index is 12.5. The second-order valence-corrected chi connectivity index (χ2v) is 6.82. The number of aliphatic hydroxyl groups excluding tert-OH is 1. The molecule has 0 aliphatic carbocycles. The molecule has 3 fully saturated rings. The molecule has 1 aromatic carbocycles. The zero-order valence-electron chi connectivity index (χ0n) is 13.6. The minimum atomic E-state index is -0.778. The lowest BCUT2D eigenvalue weighted by Gasteiger charge is -2.27. The molecule has 0 unspecified atom stereocenters. The van der Waals surface area contributed by atoms with E-state index >= 15 is 0 Å². The molecule has 1 N–H and O–H groups in total. The molecule has 7 nitrogen and oxygen atoms in total. The molecule has 0 bridgehead atoms.